The molecule has 1 aromatic rings. The van der Waals surface area contributed by atoms with Crippen molar-refractivity contribution in [1.29, 1.82) is 0 Å². The zero-order valence-electron chi connectivity index (χ0n) is 7.83. The number of rotatable bonds is 4. The van der Waals surface area contributed by atoms with Gasteiger partial charge in [-0.05, 0) is 12.1 Å². The largest absolute Gasteiger partial charge is 0.480 e. The van der Waals surface area contributed by atoms with Gasteiger partial charge in [-0.2, -0.15) is 0 Å². The predicted octanol–water partition coefficient (Wildman–Crippen LogP) is -0.996. The van der Waals surface area contributed by atoms with E-state index in [-0.39, 0.29) is 5.69 Å². The molecule has 0 fully saturated rings. The van der Waals surface area contributed by atoms with Gasteiger partial charge < -0.3 is 16.6 Å². The quantitative estimate of drug-likeness (QED) is 0.547. The van der Waals surface area contributed by atoms with Crippen LogP contribution in [0.5, 0.6) is 0 Å². The van der Waals surface area contributed by atoms with Crippen LogP contribution in [0.15, 0.2) is 24.4 Å². The second kappa shape index (κ2) is 4.63. The summed E-state index contributed by atoms with van der Waals surface area (Å²) in [6, 6.07) is 2.01. The number of ketones is 1. The predicted molar refractivity (Wildman–Crippen MR) is 52.2 cm³/mol. The maximum Gasteiger partial charge on any atom is 0.322 e. The monoisotopic (exact) mass is 209 g/mol. The summed E-state index contributed by atoms with van der Waals surface area (Å²) in [5, 5.41) is 8.57. The minimum atomic E-state index is -1.42. The van der Waals surface area contributed by atoms with E-state index in [1.54, 1.807) is 12.1 Å². The molecule has 0 radical (unpaired) electrons. The van der Waals surface area contributed by atoms with Gasteiger partial charge in [-0.25, -0.2) is 0 Å². The molecule has 0 saturated carbocycles. The summed E-state index contributed by atoms with van der Waals surface area (Å²) in [6.07, 6.45) is 1.42. The van der Waals surface area contributed by atoms with Gasteiger partial charge in [0.2, 0.25) is 0 Å². The Bertz CT molecular complexity index is 366. The van der Waals surface area contributed by atoms with Crippen LogP contribution in [-0.4, -0.2) is 33.9 Å². The average molecular weight is 209 g/mol. The van der Waals surface area contributed by atoms with Crippen LogP contribution in [0.2, 0.25) is 0 Å². The molecule has 0 bridgehead atoms. The normalized spacial score (nSPS) is 14.3. The van der Waals surface area contributed by atoms with Crippen molar-refractivity contribution in [2.24, 2.45) is 11.5 Å². The number of carboxylic acids is 1. The van der Waals surface area contributed by atoms with Gasteiger partial charge in [0.1, 0.15) is 11.7 Å². The maximum atomic E-state index is 11.6. The molecule has 6 nitrogen and oxygen atoms in total. The fourth-order valence-electron chi connectivity index (χ4n) is 0.996. The van der Waals surface area contributed by atoms with Gasteiger partial charge in [0, 0.05) is 6.20 Å². The molecule has 2 unspecified atom stereocenters. The number of pyridine rings is 1. The molecule has 0 aliphatic carbocycles. The highest BCUT2D eigenvalue weighted by molar-refractivity contribution is 6.01. The summed E-state index contributed by atoms with van der Waals surface area (Å²) in [7, 11) is 0. The standard InChI is InChI=1S/C9H11N3O3/c10-6(7(11)9(14)15)8(13)5-3-1-2-4-12-5/h1-4,6-7H,10-11H2,(H,14,15). The molecule has 1 heterocycles. The number of aromatic nitrogens is 1. The number of aliphatic carboxylic acids is 1. The van der Waals surface area contributed by atoms with Crippen LogP contribution in [0.3, 0.4) is 0 Å². The van der Waals surface area contributed by atoms with E-state index in [0.717, 1.165) is 0 Å². The first-order valence-electron chi connectivity index (χ1n) is 4.23. The van der Waals surface area contributed by atoms with E-state index in [1.807, 2.05) is 0 Å². The molecule has 0 spiro atoms. The van der Waals surface area contributed by atoms with Crippen LogP contribution in [-0.2, 0) is 4.79 Å². The molecule has 0 aliphatic heterocycles. The van der Waals surface area contributed by atoms with Gasteiger partial charge >= 0.3 is 5.97 Å². The van der Waals surface area contributed by atoms with E-state index < -0.39 is 23.8 Å². The number of nitrogens with two attached hydrogens (primary N) is 2. The number of hydrogen-bond acceptors (Lipinski definition) is 5. The van der Waals surface area contributed by atoms with Crippen molar-refractivity contribution in [3.63, 3.8) is 0 Å². The zero-order chi connectivity index (χ0) is 11.4. The highest BCUT2D eigenvalue weighted by Gasteiger charge is 2.28. The third kappa shape index (κ3) is 2.58. The zero-order valence-corrected chi connectivity index (χ0v) is 7.83. The molecule has 15 heavy (non-hydrogen) atoms. The molecular weight excluding hydrogens is 198 g/mol. The second-order valence-electron chi connectivity index (χ2n) is 2.97. The van der Waals surface area contributed by atoms with Crippen LogP contribution in [0.4, 0.5) is 0 Å². The van der Waals surface area contributed by atoms with Crippen LogP contribution >= 0.6 is 0 Å². The number of Topliss-reactive ketones (excluding diaryl/α,β-unsaturated/α-hetero) is 1. The molecule has 0 saturated heterocycles. The molecular formula is C9H11N3O3. The summed E-state index contributed by atoms with van der Waals surface area (Å²) in [5.41, 5.74) is 10.7. The highest BCUT2D eigenvalue weighted by Crippen LogP contribution is 2.00. The molecule has 80 valence electrons. The summed E-state index contributed by atoms with van der Waals surface area (Å²) in [4.78, 5) is 25.8. The molecule has 0 aromatic carbocycles. The van der Waals surface area contributed by atoms with Crippen molar-refractivity contribution in [2.45, 2.75) is 12.1 Å². The molecule has 0 aliphatic rings. The van der Waals surface area contributed by atoms with Crippen molar-refractivity contribution in [3.05, 3.63) is 30.1 Å². The van der Waals surface area contributed by atoms with E-state index in [9.17, 15) is 9.59 Å². The molecule has 2 atom stereocenters. The lowest BCUT2D eigenvalue weighted by atomic mass is 10.0. The van der Waals surface area contributed by atoms with Gasteiger partial charge in [-0.3, -0.25) is 14.6 Å². The Balaban J connectivity index is 2.82. The Morgan fingerprint density at radius 2 is 1.93 bits per heavy atom. The Hall–Kier alpha value is -1.79. The van der Waals surface area contributed by atoms with Gasteiger partial charge in [-0.15, -0.1) is 0 Å². The van der Waals surface area contributed by atoms with Crippen molar-refractivity contribution in [2.75, 3.05) is 0 Å². The number of nitrogens with zero attached hydrogens (tertiary/aromatic N) is 1. The van der Waals surface area contributed by atoms with Crippen molar-refractivity contribution in [3.8, 4) is 0 Å². The molecule has 5 N–H and O–H groups in total. The molecule has 6 heteroatoms. The van der Waals surface area contributed by atoms with Gasteiger partial charge in [0.05, 0.1) is 6.04 Å². The van der Waals surface area contributed by atoms with E-state index in [1.165, 1.54) is 12.3 Å². The average Bonchev–Trinajstić information content (AvgIpc) is 2.27. The van der Waals surface area contributed by atoms with Crippen molar-refractivity contribution < 1.29 is 14.7 Å². The van der Waals surface area contributed by atoms with Crippen LogP contribution < -0.4 is 11.5 Å². The van der Waals surface area contributed by atoms with E-state index in [0.29, 0.717) is 0 Å². The lowest BCUT2D eigenvalue weighted by Gasteiger charge is -2.13. The lowest BCUT2D eigenvalue weighted by Crippen LogP contribution is -2.51. The first kappa shape index (κ1) is 11.3. The summed E-state index contributed by atoms with van der Waals surface area (Å²) < 4.78 is 0. The summed E-state index contributed by atoms with van der Waals surface area (Å²) in [6.45, 7) is 0. The van der Waals surface area contributed by atoms with Crippen LogP contribution in [0, 0.1) is 0 Å². The third-order valence-corrected chi connectivity index (χ3v) is 1.89. The smallest absolute Gasteiger partial charge is 0.322 e. The Kier molecular flexibility index (Phi) is 3.48. The summed E-state index contributed by atoms with van der Waals surface area (Å²) >= 11 is 0. The van der Waals surface area contributed by atoms with Crippen molar-refractivity contribution >= 4 is 11.8 Å². The van der Waals surface area contributed by atoms with E-state index >= 15 is 0 Å². The minimum absolute atomic E-state index is 0.113. The topological polar surface area (TPSA) is 119 Å². The minimum Gasteiger partial charge on any atom is -0.480 e. The third-order valence-electron chi connectivity index (χ3n) is 1.89. The Labute approximate surface area is 85.9 Å². The fraction of sp³-hybridized carbons (Fsp3) is 0.222. The van der Waals surface area contributed by atoms with Crippen molar-refractivity contribution in [1.82, 2.24) is 4.98 Å². The number of carbonyl (C=O) groups excluding carboxylic acids is 1. The molecule has 0 amide bonds. The van der Waals surface area contributed by atoms with Crippen LogP contribution in [0.1, 0.15) is 10.5 Å². The molecule has 1 rings (SSSR count). The number of carbonyl (C=O) groups is 2. The Morgan fingerprint density at radius 1 is 1.27 bits per heavy atom. The van der Waals surface area contributed by atoms with Gasteiger partial charge in [0.15, 0.2) is 5.78 Å². The van der Waals surface area contributed by atoms with Gasteiger partial charge in [0.25, 0.3) is 0 Å². The highest BCUT2D eigenvalue weighted by atomic mass is 16.4. The Morgan fingerprint density at radius 3 is 2.40 bits per heavy atom. The molecule has 1 aromatic heterocycles. The number of carboxylic acid groups (broad SMARTS) is 1. The first-order valence-corrected chi connectivity index (χ1v) is 4.23. The first-order chi connectivity index (χ1) is 7.04. The van der Waals surface area contributed by atoms with E-state index in [2.05, 4.69) is 4.98 Å². The summed E-state index contributed by atoms with van der Waals surface area (Å²) in [5.74, 6) is -1.89. The number of hydrogen-bond donors (Lipinski definition) is 3. The SMILES string of the molecule is NC(C(=O)O)C(N)C(=O)c1ccccn1. The van der Waals surface area contributed by atoms with E-state index in [4.69, 9.17) is 16.6 Å². The van der Waals surface area contributed by atoms with Crippen LogP contribution in [0.25, 0.3) is 0 Å². The second-order valence-corrected chi connectivity index (χ2v) is 2.97. The fourth-order valence-corrected chi connectivity index (χ4v) is 0.996. The maximum absolute atomic E-state index is 11.6. The lowest BCUT2D eigenvalue weighted by molar-refractivity contribution is -0.138. The van der Waals surface area contributed by atoms with Gasteiger partial charge in [-0.1, -0.05) is 6.07 Å².